The predicted octanol–water partition coefficient (Wildman–Crippen LogP) is 2.85. The molecule has 0 saturated carbocycles. The first-order valence-corrected chi connectivity index (χ1v) is 9.27. The van der Waals surface area contributed by atoms with Gasteiger partial charge in [0, 0.05) is 20.1 Å². The minimum atomic E-state index is -4.69. The average Bonchev–Trinajstić information content (AvgIpc) is 3.06. The molecule has 3 amide bonds. The van der Waals surface area contributed by atoms with Crippen LogP contribution in [0.2, 0.25) is 5.02 Å². The smallest absolute Gasteiger partial charge is 0.353 e. The number of nitrogens with one attached hydrogen (secondary N) is 2. The molecule has 0 bridgehead atoms. The number of alkyl halides is 3. The van der Waals surface area contributed by atoms with E-state index in [1.807, 2.05) is 0 Å². The Morgan fingerprint density at radius 1 is 1.37 bits per heavy atom. The van der Waals surface area contributed by atoms with Gasteiger partial charge < -0.3 is 15.5 Å². The Morgan fingerprint density at radius 2 is 2.07 bits per heavy atom. The second kappa shape index (κ2) is 8.13. The van der Waals surface area contributed by atoms with Gasteiger partial charge in [0.25, 0.3) is 0 Å². The summed E-state index contributed by atoms with van der Waals surface area (Å²) in [6.45, 7) is 1.99. The first-order chi connectivity index (χ1) is 14.0. The molecular formula is C18H18ClF4N5O2. The van der Waals surface area contributed by atoms with Gasteiger partial charge in [0.05, 0.1) is 16.8 Å². The second-order valence-electron chi connectivity index (χ2n) is 6.79. The van der Waals surface area contributed by atoms with Crippen molar-refractivity contribution in [3.05, 3.63) is 52.1 Å². The van der Waals surface area contributed by atoms with E-state index in [1.54, 1.807) is 0 Å². The second-order valence-corrected chi connectivity index (χ2v) is 7.20. The molecule has 1 aromatic heterocycles. The average molecular weight is 448 g/mol. The van der Waals surface area contributed by atoms with Crippen LogP contribution in [0.15, 0.2) is 24.3 Å². The van der Waals surface area contributed by atoms with Crippen molar-refractivity contribution in [2.45, 2.75) is 25.2 Å². The van der Waals surface area contributed by atoms with Gasteiger partial charge in [0.1, 0.15) is 11.9 Å². The lowest BCUT2D eigenvalue weighted by molar-refractivity contribution is -0.141. The molecule has 2 heterocycles. The number of nitrogens with zero attached hydrogens (tertiary/aromatic N) is 3. The topological polar surface area (TPSA) is 79.3 Å². The van der Waals surface area contributed by atoms with Crippen molar-refractivity contribution in [2.24, 2.45) is 7.05 Å². The maximum Gasteiger partial charge on any atom is 0.435 e. The Kier molecular flexibility index (Phi) is 5.93. The Hall–Kier alpha value is -2.82. The molecule has 1 saturated heterocycles. The van der Waals surface area contributed by atoms with Crippen LogP contribution in [0.25, 0.3) is 0 Å². The number of benzene rings is 1. The number of hydrogen-bond acceptors (Lipinski definition) is 3. The van der Waals surface area contributed by atoms with E-state index in [9.17, 15) is 27.2 Å². The van der Waals surface area contributed by atoms with E-state index < -0.39 is 35.8 Å². The van der Waals surface area contributed by atoms with Gasteiger partial charge in [-0.1, -0.05) is 17.7 Å². The molecule has 12 heteroatoms. The molecule has 1 aliphatic heterocycles. The number of urea groups is 1. The van der Waals surface area contributed by atoms with Crippen LogP contribution in [0.3, 0.4) is 0 Å². The normalized spacial score (nSPS) is 18.2. The zero-order chi connectivity index (χ0) is 22.2. The van der Waals surface area contributed by atoms with E-state index in [0.29, 0.717) is 0 Å². The van der Waals surface area contributed by atoms with Crippen molar-refractivity contribution >= 4 is 23.5 Å². The van der Waals surface area contributed by atoms with Crippen molar-refractivity contribution in [1.82, 2.24) is 25.3 Å². The molecule has 1 aliphatic rings. The van der Waals surface area contributed by atoms with Crippen LogP contribution in [0, 0.1) is 5.82 Å². The summed E-state index contributed by atoms with van der Waals surface area (Å²) in [5.74, 6) is -1.06. The molecule has 1 fully saturated rings. The van der Waals surface area contributed by atoms with Gasteiger partial charge in [-0.3, -0.25) is 9.48 Å². The zero-order valence-corrected chi connectivity index (χ0v) is 16.7. The fourth-order valence-corrected chi connectivity index (χ4v) is 3.37. The Balaban J connectivity index is 2.00. The highest BCUT2D eigenvalue weighted by atomic mass is 35.5. The summed E-state index contributed by atoms with van der Waals surface area (Å²) < 4.78 is 54.0. The van der Waals surface area contributed by atoms with Crippen LogP contribution >= 0.6 is 11.6 Å². The summed E-state index contributed by atoms with van der Waals surface area (Å²) in [6.07, 6.45) is -4.69. The number of amides is 3. The van der Waals surface area contributed by atoms with E-state index in [4.69, 9.17) is 11.6 Å². The van der Waals surface area contributed by atoms with E-state index in [-0.39, 0.29) is 35.3 Å². The molecule has 0 radical (unpaired) electrons. The van der Waals surface area contributed by atoms with Gasteiger partial charge in [-0.15, -0.1) is 0 Å². The van der Waals surface area contributed by atoms with Crippen molar-refractivity contribution in [2.75, 3.05) is 13.1 Å². The first-order valence-electron chi connectivity index (χ1n) is 8.90. The Morgan fingerprint density at radius 3 is 2.67 bits per heavy atom. The van der Waals surface area contributed by atoms with Gasteiger partial charge in [-0.2, -0.15) is 18.3 Å². The maximum absolute atomic E-state index is 13.6. The van der Waals surface area contributed by atoms with E-state index in [0.717, 1.165) is 16.8 Å². The van der Waals surface area contributed by atoms with Crippen molar-refractivity contribution in [3.63, 3.8) is 0 Å². The van der Waals surface area contributed by atoms with Gasteiger partial charge >= 0.3 is 12.2 Å². The van der Waals surface area contributed by atoms with Crippen LogP contribution in [-0.2, 0) is 18.0 Å². The number of aryl methyl sites for hydroxylation is 1. The number of hydrogen-bond donors (Lipinski definition) is 2. The monoisotopic (exact) mass is 447 g/mol. The molecule has 162 valence electrons. The third-order valence-corrected chi connectivity index (χ3v) is 5.10. The maximum atomic E-state index is 13.6. The molecule has 2 atom stereocenters. The van der Waals surface area contributed by atoms with Crippen LogP contribution < -0.4 is 10.6 Å². The largest absolute Gasteiger partial charge is 0.435 e. The minimum Gasteiger partial charge on any atom is -0.353 e. The highest BCUT2D eigenvalue weighted by molar-refractivity contribution is 6.30. The lowest BCUT2D eigenvalue weighted by atomic mass is 10.0. The summed E-state index contributed by atoms with van der Waals surface area (Å²) in [4.78, 5) is 26.0. The quantitative estimate of drug-likeness (QED) is 0.710. The summed E-state index contributed by atoms with van der Waals surface area (Å²) in [5.41, 5.74) is -0.883. The minimum absolute atomic E-state index is 0.00691. The molecule has 0 aliphatic carbocycles. The number of carbonyl (C=O) groups excluding carboxylic acids is 2. The molecule has 1 aromatic carbocycles. The van der Waals surface area contributed by atoms with E-state index >= 15 is 0 Å². The Labute approximate surface area is 174 Å². The molecule has 0 spiro atoms. The molecule has 7 nitrogen and oxygen atoms in total. The molecule has 30 heavy (non-hydrogen) atoms. The summed E-state index contributed by atoms with van der Waals surface area (Å²) in [5, 5.41) is 8.45. The molecular weight excluding hydrogens is 430 g/mol. The Bertz CT molecular complexity index is 978. The number of aromatic nitrogens is 2. The summed E-state index contributed by atoms with van der Waals surface area (Å²) in [7, 11) is 1.30. The van der Waals surface area contributed by atoms with Crippen LogP contribution in [-0.4, -0.2) is 45.8 Å². The molecule has 1 unspecified atom stereocenters. The lowest BCUT2D eigenvalue weighted by Crippen LogP contribution is -2.58. The van der Waals surface area contributed by atoms with Crippen LogP contribution in [0.4, 0.5) is 22.4 Å². The lowest BCUT2D eigenvalue weighted by Gasteiger charge is -2.34. The SMILES string of the molecule is C[C@@H]1C(=O)NCCN1C(=O)NC(c1ccc(F)c(Cl)c1)c1cc(C(F)(F)F)nn1C. The van der Waals surface area contributed by atoms with Gasteiger partial charge in [0.15, 0.2) is 5.69 Å². The van der Waals surface area contributed by atoms with E-state index in [1.165, 1.54) is 31.0 Å². The fraction of sp³-hybridized carbons (Fsp3) is 0.389. The zero-order valence-electron chi connectivity index (χ0n) is 15.9. The highest BCUT2D eigenvalue weighted by Crippen LogP contribution is 2.32. The fourth-order valence-electron chi connectivity index (χ4n) is 3.18. The number of rotatable bonds is 3. The highest BCUT2D eigenvalue weighted by Gasteiger charge is 2.37. The number of halogens is 5. The van der Waals surface area contributed by atoms with Crippen LogP contribution in [0.5, 0.6) is 0 Å². The van der Waals surface area contributed by atoms with Gasteiger partial charge in [-0.05, 0) is 30.7 Å². The molecule has 2 aromatic rings. The molecule has 3 rings (SSSR count). The van der Waals surface area contributed by atoms with Crippen molar-refractivity contribution in [1.29, 1.82) is 0 Å². The standard InChI is InChI=1S/C18H18ClF4N5O2/c1-9-16(29)24-5-6-28(9)17(30)25-15(10-3-4-12(20)11(19)7-10)13-8-14(18(21,22)23)26-27(13)2/h3-4,7-9,15H,5-6H2,1-2H3,(H,24,29)(H,25,30)/t9-,15?/m1/s1. The number of carbonyl (C=O) groups is 2. The summed E-state index contributed by atoms with van der Waals surface area (Å²) >= 11 is 5.84. The van der Waals surface area contributed by atoms with Crippen LogP contribution in [0.1, 0.15) is 29.9 Å². The number of piperazine rings is 1. The molecule has 2 N–H and O–H groups in total. The van der Waals surface area contributed by atoms with Crippen molar-refractivity contribution < 1.29 is 27.2 Å². The third kappa shape index (κ3) is 4.35. The van der Waals surface area contributed by atoms with Crippen molar-refractivity contribution in [3.8, 4) is 0 Å². The summed E-state index contributed by atoms with van der Waals surface area (Å²) in [6, 6.07) is 1.81. The third-order valence-electron chi connectivity index (χ3n) is 4.81. The first kappa shape index (κ1) is 21.9. The van der Waals surface area contributed by atoms with Gasteiger partial charge in [-0.25, -0.2) is 9.18 Å². The predicted molar refractivity (Wildman–Crippen MR) is 99.2 cm³/mol. The van der Waals surface area contributed by atoms with E-state index in [2.05, 4.69) is 15.7 Å². The van der Waals surface area contributed by atoms with Gasteiger partial charge in [0.2, 0.25) is 5.91 Å².